The van der Waals surface area contributed by atoms with Gasteiger partial charge >= 0.3 is 6.09 Å². The van der Waals surface area contributed by atoms with Crippen LogP contribution < -0.4 is 5.06 Å². The lowest BCUT2D eigenvalue weighted by Gasteiger charge is -2.29. The van der Waals surface area contributed by atoms with Crippen LogP contribution in [-0.2, 0) is 20.8 Å². The SMILES string of the molecule is O=C1OC[C@H](Cc2ccccc2)N1C(=O)[C@H]1CON(c2ccccc2)[C@@H]1c1ccccc1. The summed E-state index contributed by atoms with van der Waals surface area (Å²) in [5.74, 6) is -0.803. The Morgan fingerprint density at radius 3 is 2.16 bits per heavy atom. The molecule has 3 aromatic carbocycles. The first-order valence-electron chi connectivity index (χ1n) is 10.8. The van der Waals surface area contributed by atoms with Crippen molar-refractivity contribution in [2.75, 3.05) is 18.3 Å². The lowest BCUT2D eigenvalue weighted by molar-refractivity contribution is -0.133. The van der Waals surface area contributed by atoms with Crippen LogP contribution in [0.5, 0.6) is 0 Å². The first-order valence-corrected chi connectivity index (χ1v) is 10.8. The van der Waals surface area contributed by atoms with Crippen molar-refractivity contribution in [1.29, 1.82) is 0 Å². The summed E-state index contributed by atoms with van der Waals surface area (Å²) < 4.78 is 5.30. The van der Waals surface area contributed by atoms with Crippen LogP contribution in [0.3, 0.4) is 0 Å². The molecule has 6 heteroatoms. The molecule has 3 aromatic rings. The van der Waals surface area contributed by atoms with Gasteiger partial charge in [-0.15, -0.1) is 0 Å². The minimum Gasteiger partial charge on any atom is -0.447 e. The average Bonchev–Trinajstić information content (AvgIpc) is 3.44. The third-order valence-electron chi connectivity index (χ3n) is 6.01. The van der Waals surface area contributed by atoms with Crippen molar-refractivity contribution in [2.45, 2.75) is 18.5 Å². The van der Waals surface area contributed by atoms with E-state index in [9.17, 15) is 9.59 Å². The second-order valence-electron chi connectivity index (χ2n) is 8.05. The van der Waals surface area contributed by atoms with E-state index >= 15 is 0 Å². The summed E-state index contributed by atoms with van der Waals surface area (Å²) in [5, 5.41) is 1.78. The van der Waals surface area contributed by atoms with E-state index in [1.807, 2.05) is 91.0 Å². The van der Waals surface area contributed by atoms with Gasteiger partial charge in [0.15, 0.2) is 0 Å². The number of rotatable bonds is 5. The van der Waals surface area contributed by atoms with Crippen LogP contribution in [0.4, 0.5) is 10.5 Å². The fourth-order valence-corrected chi connectivity index (χ4v) is 4.48. The number of para-hydroxylation sites is 1. The molecule has 2 aliphatic heterocycles. The molecule has 0 saturated carbocycles. The summed E-state index contributed by atoms with van der Waals surface area (Å²) in [7, 11) is 0. The second kappa shape index (κ2) is 8.85. The van der Waals surface area contributed by atoms with Gasteiger partial charge in [0, 0.05) is 0 Å². The van der Waals surface area contributed by atoms with Gasteiger partial charge in [-0.2, -0.15) is 0 Å². The largest absolute Gasteiger partial charge is 0.447 e. The molecular weight excluding hydrogens is 404 g/mol. The Bertz CT molecular complexity index is 1070. The molecule has 0 radical (unpaired) electrons. The number of ether oxygens (including phenoxy) is 1. The number of cyclic esters (lactones) is 1. The highest BCUT2D eigenvalue weighted by atomic mass is 16.7. The molecule has 0 N–H and O–H groups in total. The maximum atomic E-state index is 13.7. The molecule has 0 bridgehead atoms. The van der Waals surface area contributed by atoms with Gasteiger partial charge < -0.3 is 4.74 Å². The number of carbonyl (C=O) groups is 2. The molecule has 0 spiro atoms. The highest BCUT2D eigenvalue weighted by molar-refractivity contribution is 5.95. The number of hydrogen-bond acceptors (Lipinski definition) is 5. The zero-order chi connectivity index (χ0) is 21.9. The number of hydrogen-bond donors (Lipinski definition) is 0. The van der Waals surface area contributed by atoms with Crippen molar-refractivity contribution in [3.63, 3.8) is 0 Å². The third-order valence-corrected chi connectivity index (χ3v) is 6.01. The van der Waals surface area contributed by atoms with Crippen molar-refractivity contribution >= 4 is 17.7 Å². The Labute approximate surface area is 186 Å². The molecule has 0 unspecified atom stereocenters. The van der Waals surface area contributed by atoms with Gasteiger partial charge in [0.25, 0.3) is 0 Å². The number of imide groups is 1. The van der Waals surface area contributed by atoms with Crippen molar-refractivity contribution in [2.24, 2.45) is 5.92 Å². The number of amides is 2. The number of nitrogens with zero attached hydrogens (tertiary/aromatic N) is 2. The van der Waals surface area contributed by atoms with Crippen LogP contribution >= 0.6 is 0 Å². The Morgan fingerprint density at radius 1 is 0.844 bits per heavy atom. The summed E-state index contributed by atoms with van der Waals surface area (Å²) >= 11 is 0. The second-order valence-corrected chi connectivity index (χ2v) is 8.05. The highest BCUT2D eigenvalue weighted by Crippen LogP contribution is 2.40. The summed E-state index contributed by atoms with van der Waals surface area (Å²) in [5.41, 5.74) is 2.88. The standard InChI is InChI=1S/C26H24N2O4/c29-25(27-22(17-31-26(27)30)16-19-10-4-1-5-11-19)23-18-32-28(21-14-8-3-9-15-21)24(23)20-12-6-2-7-13-20/h1-15,22-24H,16-18H2/t22-,23-,24+/m0/s1. The van der Waals surface area contributed by atoms with Crippen LogP contribution in [0.15, 0.2) is 91.0 Å². The molecule has 162 valence electrons. The normalized spacial score (nSPS) is 22.8. The highest BCUT2D eigenvalue weighted by Gasteiger charge is 2.48. The van der Waals surface area contributed by atoms with Gasteiger partial charge in [0.1, 0.15) is 6.61 Å². The fraction of sp³-hybridized carbons (Fsp3) is 0.231. The predicted octanol–water partition coefficient (Wildman–Crippen LogP) is 4.39. The first kappa shape index (κ1) is 20.3. The van der Waals surface area contributed by atoms with Gasteiger partial charge in [0.2, 0.25) is 5.91 Å². The van der Waals surface area contributed by atoms with Crippen molar-refractivity contribution in [3.05, 3.63) is 102 Å². The lowest BCUT2D eigenvalue weighted by Crippen LogP contribution is -2.45. The quantitative estimate of drug-likeness (QED) is 0.603. The molecule has 2 fully saturated rings. The van der Waals surface area contributed by atoms with E-state index in [-0.39, 0.29) is 31.2 Å². The molecule has 32 heavy (non-hydrogen) atoms. The Balaban J connectivity index is 1.45. The zero-order valence-corrected chi connectivity index (χ0v) is 17.5. The van der Waals surface area contributed by atoms with Gasteiger partial charge in [-0.1, -0.05) is 78.9 Å². The predicted molar refractivity (Wildman–Crippen MR) is 120 cm³/mol. The van der Waals surface area contributed by atoms with Crippen molar-refractivity contribution < 1.29 is 19.2 Å². The smallest absolute Gasteiger partial charge is 0.416 e. The van der Waals surface area contributed by atoms with Crippen LogP contribution in [0.25, 0.3) is 0 Å². The van der Waals surface area contributed by atoms with Gasteiger partial charge in [0.05, 0.1) is 30.3 Å². The van der Waals surface area contributed by atoms with Crippen molar-refractivity contribution in [1.82, 2.24) is 4.90 Å². The fourth-order valence-electron chi connectivity index (χ4n) is 4.48. The van der Waals surface area contributed by atoms with Crippen LogP contribution in [-0.4, -0.2) is 36.2 Å². The van der Waals surface area contributed by atoms with Crippen molar-refractivity contribution in [3.8, 4) is 0 Å². The van der Waals surface area contributed by atoms with E-state index in [2.05, 4.69) is 0 Å². The molecule has 2 amide bonds. The summed E-state index contributed by atoms with van der Waals surface area (Å²) in [6.07, 6.45) is -0.0227. The Kier molecular flexibility index (Phi) is 5.60. The maximum Gasteiger partial charge on any atom is 0.416 e. The molecule has 3 atom stereocenters. The third kappa shape index (κ3) is 3.85. The van der Waals surface area contributed by atoms with Crippen LogP contribution in [0, 0.1) is 5.92 Å². The maximum absolute atomic E-state index is 13.7. The summed E-state index contributed by atoms with van der Waals surface area (Å²) in [4.78, 5) is 33.7. The van der Waals surface area contributed by atoms with E-state index in [4.69, 9.17) is 9.57 Å². The van der Waals surface area contributed by atoms with Crippen LogP contribution in [0.2, 0.25) is 0 Å². The molecule has 0 aliphatic carbocycles. The first-order chi connectivity index (χ1) is 15.7. The molecule has 0 aromatic heterocycles. The Hall–Kier alpha value is -3.64. The summed E-state index contributed by atoms with van der Waals surface area (Å²) in [6.45, 7) is 0.389. The molecular formula is C26H24N2O4. The van der Waals surface area contributed by atoms with E-state index < -0.39 is 12.0 Å². The average molecular weight is 428 g/mol. The molecule has 2 aliphatic rings. The zero-order valence-electron chi connectivity index (χ0n) is 17.5. The van der Waals surface area contributed by atoms with Crippen LogP contribution in [0.1, 0.15) is 17.2 Å². The minimum absolute atomic E-state index is 0.190. The lowest BCUT2D eigenvalue weighted by atomic mass is 9.92. The van der Waals surface area contributed by atoms with Gasteiger partial charge in [-0.05, 0) is 29.7 Å². The minimum atomic E-state index is -0.582. The van der Waals surface area contributed by atoms with Gasteiger partial charge in [-0.25, -0.2) is 14.8 Å². The summed E-state index contributed by atoms with van der Waals surface area (Å²) in [6, 6.07) is 28.7. The molecule has 6 nitrogen and oxygen atoms in total. The molecule has 2 saturated heterocycles. The van der Waals surface area contributed by atoms with E-state index in [0.717, 1.165) is 16.8 Å². The molecule has 5 rings (SSSR count). The number of hydroxylamine groups is 1. The topological polar surface area (TPSA) is 59.1 Å². The Morgan fingerprint density at radius 2 is 1.47 bits per heavy atom. The van der Waals surface area contributed by atoms with Gasteiger partial charge in [-0.3, -0.25) is 9.63 Å². The number of carbonyl (C=O) groups excluding carboxylic acids is 2. The van der Waals surface area contributed by atoms with E-state index in [1.54, 1.807) is 5.06 Å². The monoisotopic (exact) mass is 428 g/mol. The van der Waals surface area contributed by atoms with E-state index in [1.165, 1.54) is 4.90 Å². The number of anilines is 1. The number of benzene rings is 3. The molecule has 2 heterocycles. The van der Waals surface area contributed by atoms with E-state index in [0.29, 0.717) is 6.42 Å².